The van der Waals surface area contributed by atoms with Crippen molar-refractivity contribution in [3.63, 3.8) is 0 Å². The third-order valence-corrected chi connectivity index (χ3v) is 5.64. The number of nitrogens with zero attached hydrogens (tertiary/aromatic N) is 3. The van der Waals surface area contributed by atoms with E-state index >= 15 is 0 Å². The molecule has 7 heteroatoms. The zero-order valence-electron chi connectivity index (χ0n) is 18.8. The molecule has 0 saturated heterocycles. The van der Waals surface area contributed by atoms with Crippen LogP contribution in [0, 0.1) is 0 Å². The van der Waals surface area contributed by atoms with Gasteiger partial charge in [-0.05, 0) is 81.0 Å². The summed E-state index contributed by atoms with van der Waals surface area (Å²) in [5, 5.41) is 4.04. The number of hydrogen-bond donors (Lipinski definition) is 0. The molecule has 1 amide bonds. The number of ether oxygens (including phenoxy) is 2. The third-order valence-electron chi connectivity index (χ3n) is 5.64. The van der Waals surface area contributed by atoms with Gasteiger partial charge in [-0.2, -0.15) is 4.98 Å². The first-order chi connectivity index (χ1) is 15.5. The van der Waals surface area contributed by atoms with Crippen LogP contribution in [0.2, 0.25) is 0 Å². The van der Waals surface area contributed by atoms with E-state index in [0.717, 1.165) is 36.3 Å². The first-order valence-electron chi connectivity index (χ1n) is 11.1. The van der Waals surface area contributed by atoms with E-state index in [-0.39, 0.29) is 12.5 Å². The highest BCUT2D eigenvalue weighted by Gasteiger charge is 2.23. The van der Waals surface area contributed by atoms with Crippen molar-refractivity contribution in [2.45, 2.75) is 52.2 Å². The van der Waals surface area contributed by atoms with Crippen LogP contribution >= 0.6 is 0 Å². The molecule has 1 aliphatic rings. The topological polar surface area (TPSA) is 77.7 Å². The lowest BCUT2D eigenvalue weighted by atomic mass is 9.91. The quantitative estimate of drug-likeness (QED) is 0.521. The van der Waals surface area contributed by atoms with Gasteiger partial charge in [-0.1, -0.05) is 17.3 Å². The number of carbonyl (C=O) groups is 1. The second kappa shape index (κ2) is 9.85. The number of likely N-dealkylation sites (N-methyl/N-ethyl adjacent to an activating group) is 1. The Labute approximate surface area is 188 Å². The molecule has 1 aliphatic carbocycles. The van der Waals surface area contributed by atoms with Crippen LogP contribution in [0.25, 0.3) is 11.4 Å². The van der Waals surface area contributed by atoms with Crippen LogP contribution in [0.4, 0.5) is 0 Å². The number of hydrogen-bond acceptors (Lipinski definition) is 6. The molecule has 0 saturated carbocycles. The number of rotatable bonds is 8. The summed E-state index contributed by atoms with van der Waals surface area (Å²) in [7, 11) is 1.71. The molecular weight excluding hydrogens is 406 g/mol. The zero-order chi connectivity index (χ0) is 22.5. The van der Waals surface area contributed by atoms with Crippen molar-refractivity contribution >= 4 is 5.91 Å². The first-order valence-corrected chi connectivity index (χ1v) is 11.1. The van der Waals surface area contributed by atoms with E-state index in [1.54, 1.807) is 18.9 Å². The van der Waals surface area contributed by atoms with Gasteiger partial charge >= 0.3 is 0 Å². The molecule has 1 aromatic heterocycles. The Balaban J connectivity index is 1.37. The van der Waals surface area contributed by atoms with Crippen molar-refractivity contribution in [1.82, 2.24) is 15.0 Å². The van der Waals surface area contributed by atoms with Crippen LogP contribution in [0.15, 0.2) is 47.0 Å². The highest BCUT2D eigenvalue weighted by atomic mass is 16.5. The van der Waals surface area contributed by atoms with Gasteiger partial charge in [0.05, 0.1) is 13.2 Å². The Morgan fingerprint density at radius 2 is 1.94 bits per heavy atom. The van der Waals surface area contributed by atoms with E-state index in [1.807, 2.05) is 43.3 Å². The molecular formula is C25H29N3O4. The van der Waals surface area contributed by atoms with E-state index in [9.17, 15) is 4.79 Å². The summed E-state index contributed by atoms with van der Waals surface area (Å²) in [4.78, 5) is 18.9. The second-order valence-electron chi connectivity index (χ2n) is 8.02. The standard InChI is InChI=1S/C25H29N3O4/c1-4-30-20-14-12-19(13-15-20)24-26-23(32-27-24)16-28(3)25(29)17(2)31-22-11-7-9-18-8-5-6-10-21(18)22/h7,9,11-15,17H,4-6,8,10,16H2,1-3H3/t17-/m1/s1. The number of aryl methyl sites for hydroxylation is 1. The molecule has 3 aromatic rings. The monoisotopic (exact) mass is 435 g/mol. The molecule has 2 aromatic carbocycles. The maximum atomic E-state index is 12.9. The molecule has 0 N–H and O–H groups in total. The molecule has 0 fully saturated rings. The summed E-state index contributed by atoms with van der Waals surface area (Å²) in [5.41, 5.74) is 3.38. The van der Waals surface area contributed by atoms with Crippen molar-refractivity contribution in [2.75, 3.05) is 13.7 Å². The lowest BCUT2D eigenvalue weighted by Crippen LogP contribution is -2.37. The molecule has 168 valence electrons. The molecule has 0 unspecified atom stereocenters. The summed E-state index contributed by atoms with van der Waals surface area (Å²) >= 11 is 0. The molecule has 0 radical (unpaired) electrons. The minimum atomic E-state index is -0.609. The number of benzene rings is 2. The summed E-state index contributed by atoms with van der Waals surface area (Å²) in [6.45, 7) is 4.54. The normalized spacial score (nSPS) is 13.8. The molecule has 1 heterocycles. The smallest absolute Gasteiger partial charge is 0.263 e. The predicted octanol–water partition coefficient (Wildman–Crippen LogP) is 4.44. The van der Waals surface area contributed by atoms with Gasteiger partial charge in [0.2, 0.25) is 11.7 Å². The van der Waals surface area contributed by atoms with Crippen LogP contribution in [0.3, 0.4) is 0 Å². The number of fused-ring (bicyclic) bond motifs is 1. The lowest BCUT2D eigenvalue weighted by Gasteiger charge is -2.24. The van der Waals surface area contributed by atoms with E-state index in [1.165, 1.54) is 17.5 Å². The minimum Gasteiger partial charge on any atom is -0.494 e. The van der Waals surface area contributed by atoms with Crippen LogP contribution in [-0.2, 0) is 24.2 Å². The molecule has 0 spiro atoms. The second-order valence-corrected chi connectivity index (χ2v) is 8.02. The fourth-order valence-corrected chi connectivity index (χ4v) is 3.99. The molecule has 32 heavy (non-hydrogen) atoms. The fraction of sp³-hybridized carbons (Fsp3) is 0.400. The van der Waals surface area contributed by atoms with E-state index < -0.39 is 6.10 Å². The minimum absolute atomic E-state index is 0.140. The van der Waals surface area contributed by atoms with E-state index in [2.05, 4.69) is 16.2 Å². The number of aromatic nitrogens is 2. The highest BCUT2D eigenvalue weighted by Crippen LogP contribution is 2.30. The van der Waals surface area contributed by atoms with E-state index in [0.29, 0.717) is 18.3 Å². The van der Waals surface area contributed by atoms with Gasteiger partial charge in [0.25, 0.3) is 5.91 Å². The lowest BCUT2D eigenvalue weighted by molar-refractivity contribution is -0.137. The van der Waals surface area contributed by atoms with Crippen molar-refractivity contribution in [2.24, 2.45) is 0 Å². The van der Waals surface area contributed by atoms with Crippen LogP contribution in [0.1, 0.15) is 43.7 Å². The summed E-state index contributed by atoms with van der Waals surface area (Å²) in [5.74, 6) is 2.31. The van der Waals surface area contributed by atoms with Crippen LogP contribution in [-0.4, -0.2) is 40.7 Å². The highest BCUT2D eigenvalue weighted by molar-refractivity contribution is 5.80. The Morgan fingerprint density at radius 1 is 1.16 bits per heavy atom. The summed E-state index contributed by atoms with van der Waals surface area (Å²) in [6.07, 6.45) is 3.82. The van der Waals surface area contributed by atoms with Gasteiger partial charge in [0, 0.05) is 12.6 Å². The first kappa shape index (κ1) is 21.9. The maximum absolute atomic E-state index is 12.9. The fourth-order valence-electron chi connectivity index (χ4n) is 3.99. The van der Waals surface area contributed by atoms with Gasteiger partial charge < -0.3 is 18.9 Å². The molecule has 0 aliphatic heterocycles. The third kappa shape index (κ3) is 4.93. The van der Waals surface area contributed by atoms with Gasteiger partial charge in [-0.3, -0.25) is 4.79 Å². The van der Waals surface area contributed by atoms with Crippen LogP contribution < -0.4 is 9.47 Å². The van der Waals surface area contributed by atoms with Crippen molar-refractivity contribution in [1.29, 1.82) is 0 Å². The summed E-state index contributed by atoms with van der Waals surface area (Å²) in [6, 6.07) is 13.6. The van der Waals surface area contributed by atoms with Crippen molar-refractivity contribution in [3.05, 3.63) is 59.5 Å². The Kier molecular flexibility index (Phi) is 6.73. The average Bonchev–Trinajstić information content (AvgIpc) is 3.28. The molecule has 1 atom stereocenters. The van der Waals surface area contributed by atoms with Crippen molar-refractivity contribution < 1.29 is 18.8 Å². The molecule has 4 rings (SSSR count). The van der Waals surface area contributed by atoms with Gasteiger partial charge in [0.15, 0.2) is 6.10 Å². The summed E-state index contributed by atoms with van der Waals surface area (Å²) < 4.78 is 16.9. The Hall–Kier alpha value is -3.35. The molecule has 7 nitrogen and oxygen atoms in total. The zero-order valence-corrected chi connectivity index (χ0v) is 18.8. The van der Waals surface area contributed by atoms with Gasteiger partial charge in [-0.25, -0.2) is 0 Å². The predicted molar refractivity (Wildman–Crippen MR) is 121 cm³/mol. The average molecular weight is 436 g/mol. The SMILES string of the molecule is CCOc1ccc(-c2noc(CN(C)C(=O)[C@@H](C)Oc3cccc4c3CCCC4)n2)cc1. The number of carbonyl (C=O) groups excluding carboxylic acids is 1. The number of amides is 1. The maximum Gasteiger partial charge on any atom is 0.263 e. The van der Waals surface area contributed by atoms with Crippen molar-refractivity contribution in [3.8, 4) is 22.9 Å². The van der Waals surface area contributed by atoms with Gasteiger partial charge in [0.1, 0.15) is 11.5 Å². The largest absolute Gasteiger partial charge is 0.494 e. The van der Waals surface area contributed by atoms with Gasteiger partial charge in [-0.15, -0.1) is 0 Å². The Morgan fingerprint density at radius 3 is 2.72 bits per heavy atom. The van der Waals surface area contributed by atoms with Crippen LogP contribution in [0.5, 0.6) is 11.5 Å². The van der Waals surface area contributed by atoms with E-state index in [4.69, 9.17) is 14.0 Å². The molecule has 0 bridgehead atoms. The Bertz CT molecular complexity index is 1060.